The van der Waals surface area contributed by atoms with Gasteiger partial charge in [-0.25, -0.2) is 9.78 Å². The molecule has 418 valence electrons. The summed E-state index contributed by atoms with van der Waals surface area (Å²) in [6.45, 7) is 1.56. The first kappa shape index (κ1) is 59.7. The van der Waals surface area contributed by atoms with E-state index in [1.165, 1.54) is 19.4 Å². The highest BCUT2D eigenvalue weighted by Crippen LogP contribution is 2.20. The van der Waals surface area contributed by atoms with Crippen LogP contribution in [0.2, 0.25) is 0 Å². The Morgan fingerprint density at radius 3 is 2.16 bits per heavy atom. The van der Waals surface area contributed by atoms with Gasteiger partial charge in [0, 0.05) is 69.1 Å². The summed E-state index contributed by atoms with van der Waals surface area (Å²) in [7, 11) is 0. The Kier molecular flexibility index (Phi) is 23.6. The fourth-order valence-corrected chi connectivity index (χ4v) is 8.79. The first-order chi connectivity index (χ1) is 36.9. The molecule has 1 aliphatic heterocycles. The number of aliphatic hydroxyl groups is 2. The summed E-state index contributed by atoms with van der Waals surface area (Å²) in [5, 5.41) is 77.1. The zero-order valence-corrected chi connectivity index (χ0v) is 42.8. The Morgan fingerprint density at radius 1 is 0.805 bits per heavy atom. The molecule has 27 nitrogen and oxygen atoms in total. The number of hydrogen-bond acceptors (Lipinski definition) is 14. The van der Waals surface area contributed by atoms with Crippen LogP contribution < -0.4 is 64.6 Å². The molecule has 3 heterocycles. The Labute approximate surface area is 444 Å². The molecule has 0 radical (unpaired) electrons. The normalized spacial score (nSPS) is 22.4. The number of para-hydroxylation sites is 1. The van der Waals surface area contributed by atoms with Gasteiger partial charge in [-0.05, 0) is 68.6 Å². The number of aliphatic carboxylic acids is 1. The zero-order chi connectivity index (χ0) is 55.9. The molecule has 6 amide bonds. The molecule has 2 aromatic heterocycles. The number of rotatable bonds is 19. The minimum Gasteiger partial charge on any atom is -0.480 e. The van der Waals surface area contributed by atoms with Gasteiger partial charge in [-0.2, -0.15) is 0 Å². The van der Waals surface area contributed by atoms with Crippen molar-refractivity contribution < 1.29 is 48.9 Å². The Bertz CT molecular complexity index is 2600. The van der Waals surface area contributed by atoms with Crippen LogP contribution in [0.4, 0.5) is 0 Å². The summed E-state index contributed by atoms with van der Waals surface area (Å²) in [4.78, 5) is 107. The van der Waals surface area contributed by atoms with E-state index in [1.807, 2.05) is 24.3 Å². The number of carboxylic acids is 1. The minimum absolute atomic E-state index is 0.0211. The highest BCUT2D eigenvalue weighted by Gasteiger charge is 2.35. The summed E-state index contributed by atoms with van der Waals surface area (Å²) in [5.41, 5.74) is 13.3. The quantitative estimate of drug-likeness (QED) is 0.0195. The molecule has 0 spiro atoms. The van der Waals surface area contributed by atoms with E-state index >= 15 is 0 Å². The first-order valence-electron chi connectivity index (χ1n) is 25.5. The number of carboxylic acid groups (broad SMARTS) is 1. The molecule has 4 aromatic rings. The Morgan fingerprint density at radius 2 is 1.47 bits per heavy atom. The standard InChI is InChI=1S/C50H73N17O10/c1-28(68)61-34(14-7-20-57-49(51)52)42(70)63-36-17-18-41(69)56-19-9-16-37(48(76)77)64-46(74)39(23-30-25-59-33-13-6-5-12-32(30)33)66-43(71)35(15-8-21-58-50(53)54)62-45(73)38(22-29-10-3-2-4-11-29)65-47(75)40(67-44(36)72)24-31-26-55-27-60-31/h2-6,10-13,25-27,34-40,42-43,59,63,66,70-71H,7-9,14-24H2,1H3,(H,55,60)(H,56,69)(H,61,68)(H,62,73)(H,64,74)(H,65,75)(H,67,72)(H,76,77)(H4,51,52,57)(H4,53,54,58)/t34-,35+,36+,37+,38-,39+,40+,42?,43?/m1/s1. The summed E-state index contributed by atoms with van der Waals surface area (Å²) < 4.78 is 0. The lowest BCUT2D eigenvalue weighted by Crippen LogP contribution is -2.62. The smallest absolute Gasteiger partial charge is 0.326 e. The predicted octanol–water partition coefficient (Wildman–Crippen LogP) is -2.78. The molecule has 1 saturated heterocycles. The molecular formula is C50H73N17O10. The van der Waals surface area contributed by atoms with Crippen molar-refractivity contribution in [2.45, 2.75) is 132 Å². The summed E-state index contributed by atoms with van der Waals surface area (Å²) in [6.07, 6.45) is 0.950. The number of guanidine groups is 2. The van der Waals surface area contributed by atoms with Crippen molar-refractivity contribution >= 4 is 64.2 Å². The van der Waals surface area contributed by atoms with Crippen molar-refractivity contribution in [1.29, 1.82) is 10.8 Å². The van der Waals surface area contributed by atoms with Crippen LogP contribution >= 0.6 is 0 Å². The molecule has 21 N–H and O–H groups in total. The second-order valence-electron chi connectivity index (χ2n) is 18.8. The average molecular weight is 1070 g/mol. The number of carbonyl (C=O) groups is 7. The topological polar surface area (TPSA) is 445 Å². The van der Waals surface area contributed by atoms with Gasteiger partial charge in [0.25, 0.3) is 0 Å². The molecule has 1 aliphatic rings. The summed E-state index contributed by atoms with van der Waals surface area (Å²) in [6, 6.07) is 6.85. The number of fused-ring (bicyclic) bond motifs is 1. The van der Waals surface area contributed by atoms with E-state index in [2.05, 4.69) is 68.1 Å². The van der Waals surface area contributed by atoms with Crippen LogP contribution in [0.3, 0.4) is 0 Å². The van der Waals surface area contributed by atoms with Gasteiger partial charge in [0.2, 0.25) is 35.4 Å². The van der Waals surface area contributed by atoms with E-state index in [9.17, 15) is 48.9 Å². The fraction of sp³-hybridized carbons (Fsp3) is 0.480. The number of aromatic nitrogens is 3. The molecule has 77 heavy (non-hydrogen) atoms. The molecule has 0 bridgehead atoms. The van der Waals surface area contributed by atoms with Gasteiger partial charge in [-0.15, -0.1) is 0 Å². The molecule has 2 unspecified atom stereocenters. The van der Waals surface area contributed by atoms with Crippen molar-refractivity contribution in [3.8, 4) is 0 Å². The number of nitrogens with zero attached hydrogens (tertiary/aromatic N) is 1. The maximum Gasteiger partial charge on any atom is 0.326 e. The van der Waals surface area contributed by atoms with E-state index in [-0.39, 0.29) is 95.8 Å². The Hall–Kier alpha value is -8.14. The predicted molar refractivity (Wildman–Crippen MR) is 283 cm³/mol. The van der Waals surface area contributed by atoms with Gasteiger partial charge in [-0.3, -0.25) is 50.2 Å². The lowest BCUT2D eigenvalue weighted by atomic mass is 10.0. The molecule has 27 heteroatoms. The first-order valence-corrected chi connectivity index (χ1v) is 25.5. The van der Waals surface area contributed by atoms with Crippen LogP contribution in [0.5, 0.6) is 0 Å². The highest BCUT2D eigenvalue weighted by atomic mass is 16.4. The minimum atomic E-state index is -1.70. The van der Waals surface area contributed by atoms with Crippen molar-refractivity contribution in [3.63, 3.8) is 0 Å². The van der Waals surface area contributed by atoms with Crippen molar-refractivity contribution in [1.82, 2.24) is 68.1 Å². The number of amides is 6. The lowest BCUT2D eigenvalue weighted by molar-refractivity contribution is -0.142. The largest absolute Gasteiger partial charge is 0.480 e. The molecule has 9 atom stereocenters. The SMILES string of the molecule is CC(=O)N[C@H](CCCNC(=N)N)C(O)N[C@H]1CCC(=O)NCCC[C@@H](C(=O)O)NC(=O)[C@H](Cc2c[nH]c3ccccc23)NC(O)[C@H](CCCNC(=N)N)NC(=O)[C@@H](Cc2ccccc2)NC(=O)[C@H](Cc2c[nH]cn2)NC1=O. The zero-order valence-electron chi connectivity index (χ0n) is 42.8. The van der Waals surface area contributed by atoms with E-state index in [0.717, 1.165) is 10.9 Å². The molecular weight excluding hydrogens is 999 g/mol. The van der Waals surface area contributed by atoms with Gasteiger partial charge >= 0.3 is 5.97 Å². The second kappa shape index (κ2) is 30.4. The third-order valence-electron chi connectivity index (χ3n) is 12.8. The molecule has 0 saturated carbocycles. The lowest BCUT2D eigenvalue weighted by Gasteiger charge is -2.31. The van der Waals surface area contributed by atoms with Crippen LogP contribution in [0.15, 0.2) is 73.3 Å². The number of imidazole rings is 1. The van der Waals surface area contributed by atoms with E-state index < -0.39 is 96.2 Å². The van der Waals surface area contributed by atoms with E-state index in [1.54, 1.807) is 36.5 Å². The third kappa shape index (κ3) is 20.2. The maximum absolute atomic E-state index is 14.8. The molecule has 2 aromatic carbocycles. The van der Waals surface area contributed by atoms with Gasteiger partial charge < -0.3 is 79.3 Å². The van der Waals surface area contributed by atoms with Crippen LogP contribution in [-0.2, 0) is 52.8 Å². The van der Waals surface area contributed by atoms with Crippen molar-refractivity contribution in [3.05, 3.63) is 90.1 Å². The van der Waals surface area contributed by atoms with Crippen LogP contribution in [0.1, 0.15) is 75.1 Å². The van der Waals surface area contributed by atoms with Gasteiger partial charge in [0.05, 0.1) is 36.2 Å². The van der Waals surface area contributed by atoms with Crippen LogP contribution in [0.25, 0.3) is 10.9 Å². The van der Waals surface area contributed by atoms with Crippen LogP contribution in [-0.4, -0.2) is 158 Å². The van der Waals surface area contributed by atoms with Crippen molar-refractivity contribution in [2.24, 2.45) is 11.5 Å². The monoisotopic (exact) mass is 1070 g/mol. The average Bonchev–Trinajstić information content (AvgIpc) is 4.06. The number of aromatic amines is 2. The highest BCUT2D eigenvalue weighted by molar-refractivity contribution is 5.94. The number of H-pyrrole nitrogens is 2. The molecule has 0 aliphatic carbocycles. The van der Waals surface area contributed by atoms with Crippen LogP contribution in [0, 0.1) is 10.8 Å². The second-order valence-corrected chi connectivity index (χ2v) is 18.8. The number of aliphatic hydroxyl groups excluding tert-OH is 2. The van der Waals surface area contributed by atoms with Gasteiger partial charge in [-0.1, -0.05) is 48.5 Å². The summed E-state index contributed by atoms with van der Waals surface area (Å²) >= 11 is 0. The molecule has 1 fully saturated rings. The molecule has 5 rings (SSSR count). The number of carbonyl (C=O) groups excluding carboxylic acids is 6. The maximum atomic E-state index is 14.8. The van der Waals surface area contributed by atoms with E-state index in [0.29, 0.717) is 23.2 Å². The van der Waals surface area contributed by atoms with Crippen molar-refractivity contribution in [2.75, 3.05) is 19.6 Å². The van der Waals surface area contributed by atoms with Gasteiger partial charge in [0.1, 0.15) is 30.6 Å². The Balaban J connectivity index is 1.53. The fourth-order valence-electron chi connectivity index (χ4n) is 8.79. The number of hydrogen-bond donors (Lipinski definition) is 19. The number of benzene rings is 2. The third-order valence-corrected chi connectivity index (χ3v) is 12.8. The van der Waals surface area contributed by atoms with Gasteiger partial charge in [0.15, 0.2) is 11.9 Å². The number of nitrogens with one attached hydrogen (secondary N) is 14. The summed E-state index contributed by atoms with van der Waals surface area (Å²) in [5.74, 6) is -6.31. The number of nitrogens with two attached hydrogens (primary N) is 2. The van der Waals surface area contributed by atoms with E-state index in [4.69, 9.17) is 22.3 Å².